The maximum Gasteiger partial charge on any atom is 0.248 e. The van der Waals surface area contributed by atoms with Crippen molar-refractivity contribution >= 4 is 45.6 Å². The minimum Gasteiger partial charge on any atom is -0.486 e. The number of fused-ring (bicyclic) bond motifs is 1. The maximum atomic E-state index is 13.6. The first-order valence-electron chi connectivity index (χ1n) is 12.1. The SMILES string of the molecule is O=C(/C=C/CN1CCC1CO)Nc1cc2c(Nc3ccc(F)c(Cl)c3)ncnc2cc1OC1CCOC1. The van der Waals surface area contributed by atoms with Crippen molar-refractivity contribution in [2.24, 2.45) is 0 Å². The van der Waals surface area contributed by atoms with Crippen LogP contribution in [0, 0.1) is 5.82 Å². The summed E-state index contributed by atoms with van der Waals surface area (Å²) < 4.78 is 25.2. The van der Waals surface area contributed by atoms with Crippen molar-refractivity contribution in [3.63, 3.8) is 0 Å². The molecule has 3 heterocycles. The van der Waals surface area contributed by atoms with Crippen LogP contribution in [-0.2, 0) is 9.53 Å². The van der Waals surface area contributed by atoms with Crippen LogP contribution in [0.4, 0.5) is 21.6 Å². The van der Waals surface area contributed by atoms with Crippen LogP contribution < -0.4 is 15.4 Å². The normalized spacial score (nSPS) is 19.8. The Hall–Kier alpha value is -3.31. The third-order valence-electron chi connectivity index (χ3n) is 6.44. The van der Waals surface area contributed by atoms with Crippen molar-refractivity contribution in [1.29, 1.82) is 0 Å². The van der Waals surface area contributed by atoms with Gasteiger partial charge in [0.25, 0.3) is 0 Å². The Kier molecular flexibility index (Phi) is 7.80. The lowest BCUT2D eigenvalue weighted by atomic mass is 10.0. The number of likely N-dealkylation sites (tertiary alicyclic amines) is 1. The number of hydrogen-bond donors (Lipinski definition) is 3. The molecular weight excluding hydrogens is 501 g/mol. The summed E-state index contributed by atoms with van der Waals surface area (Å²) in [6, 6.07) is 7.95. The van der Waals surface area contributed by atoms with Crippen molar-refractivity contribution in [2.45, 2.75) is 25.0 Å². The van der Waals surface area contributed by atoms with Gasteiger partial charge in [-0.3, -0.25) is 9.69 Å². The second-order valence-corrected chi connectivity index (χ2v) is 9.36. The van der Waals surface area contributed by atoms with Gasteiger partial charge in [-0.15, -0.1) is 0 Å². The number of aromatic nitrogens is 2. The first-order chi connectivity index (χ1) is 18.0. The molecule has 0 saturated carbocycles. The summed E-state index contributed by atoms with van der Waals surface area (Å²) in [5, 5.41) is 16.0. The highest BCUT2D eigenvalue weighted by atomic mass is 35.5. The van der Waals surface area contributed by atoms with Gasteiger partial charge in [-0.1, -0.05) is 17.7 Å². The van der Waals surface area contributed by atoms with Gasteiger partial charge >= 0.3 is 0 Å². The van der Waals surface area contributed by atoms with E-state index in [0.29, 0.717) is 53.6 Å². The molecule has 1 amide bonds. The summed E-state index contributed by atoms with van der Waals surface area (Å²) in [4.78, 5) is 23.6. The van der Waals surface area contributed by atoms with E-state index in [0.717, 1.165) is 19.4 Å². The number of aliphatic hydroxyl groups excluding tert-OH is 1. The maximum absolute atomic E-state index is 13.6. The monoisotopic (exact) mass is 527 g/mol. The molecule has 11 heteroatoms. The van der Waals surface area contributed by atoms with Crippen LogP contribution >= 0.6 is 11.6 Å². The minimum atomic E-state index is -0.517. The lowest BCUT2D eigenvalue weighted by Crippen LogP contribution is -2.49. The zero-order valence-electron chi connectivity index (χ0n) is 20.0. The molecule has 2 aromatic carbocycles. The molecule has 2 unspecified atom stereocenters. The molecule has 37 heavy (non-hydrogen) atoms. The molecule has 9 nitrogen and oxygen atoms in total. The Balaban J connectivity index is 1.41. The summed E-state index contributed by atoms with van der Waals surface area (Å²) in [6.45, 7) is 2.68. The van der Waals surface area contributed by atoms with E-state index in [9.17, 15) is 14.3 Å². The van der Waals surface area contributed by atoms with Gasteiger partial charge in [0, 0.05) is 48.8 Å². The van der Waals surface area contributed by atoms with E-state index >= 15 is 0 Å². The Morgan fingerprint density at radius 1 is 1.30 bits per heavy atom. The van der Waals surface area contributed by atoms with Crippen molar-refractivity contribution in [3.8, 4) is 5.75 Å². The molecule has 0 bridgehead atoms. The van der Waals surface area contributed by atoms with Crippen molar-refractivity contribution < 1.29 is 23.8 Å². The third kappa shape index (κ3) is 5.99. The lowest BCUT2D eigenvalue weighted by molar-refractivity contribution is -0.112. The topological polar surface area (TPSA) is 109 Å². The van der Waals surface area contributed by atoms with E-state index in [2.05, 4.69) is 25.5 Å². The number of ether oxygens (including phenoxy) is 2. The second kappa shape index (κ2) is 11.4. The molecule has 0 aliphatic carbocycles. The molecule has 2 atom stereocenters. The standard InChI is InChI=1S/C26H27ClFN5O4/c27-20-10-16(3-4-21(20)28)31-26-19-11-23(32-25(35)2-1-7-33-8-5-17(33)13-34)24(12-22(19)29-15-30-26)37-18-6-9-36-14-18/h1-4,10-12,15,17-18,34H,5-9,13-14H2,(H,32,35)(H,29,30,31)/b2-1+. The molecule has 3 N–H and O–H groups in total. The van der Waals surface area contributed by atoms with Gasteiger partial charge in [-0.25, -0.2) is 14.4 Å². The summed E-state index contributed by atoms with van der Waals surface area (Å²) >= 11 is 5.93. The molecule has 1 aromatic heterocycles. The van der Waals surface area contributed by atoms with Crippen LogP contribution in [0.5, 0.6) is 5.75 Å². The largest absolute Gasteiger partial charge is 0.486 e. The van der Waals surface area contributed by atoms with Gasteiger partial charge in [0.1, 0.15) is 29.8 Å². The molecule has 0 radical (unpaired) electrons. The highest BCUT2D eigenvalue weighted by molar-refractivity contribution is 6.31. The number of nitrogens with one attached hydrogen (secondary N) is 2. The van der Waals surface area contributed by atoms with Gasteiger partial charge in [0.05, 0.1) is 36.0 Å². The first kappa shape index (κ1) is 25.3. The summed E-state index contributed by atoms with van der Waals surface area (Å²) in [5.74, 6) is 0.103. The second-order valence-electron chi connectivity index (χ2n) is 8.96. The molecule has 2 aliphatic rings. The predicted octanol–water partition coefficient (Wildman–Crippen LogP) is 3.89. The van der Waals surface area contributed by atoms with Gasteiger partial charge < -0.3 is 25.2 Å². The quantitative estimate of drug-likeness (QED) is 0.360. The minimum absolute atomic E-state index is 0.0129. The van der Waals surface area contributed by atoms with Crippen LogP contribution in [0.1, 0.15) is 12.8 Å². The molecule has 5 rings (SSSR count). The molecule has 194 valence electrons. The smallest absolute Gasteiger partial charge is 0.248 e. The Morgan fingerprint density at radius 2 is 2.19 bits per heavy atom. The molecule has 2 aliphatic heterocycles. The van der Waals surface area contributed by atoms with Crippen molar-refractivity contribution in [3.05, 3.63) is 59.7 Å². The average molecular weight is 528 g/mol. The zero-order valence-corrected chi connectivity index (χ0v) is 20.7. The van der Waals surface area contributed by atoms with E-state index in [1.807, 2.05) is 0 Å². The van der Waals surface area contributed by atoms with E-state index in [-0.39, 0.29) is 29.7 Å². The number of amides is 1. The van der Waals surface area contributed by atoms with Gasteiger partial charge in [-0.05, 0) is 30.7 Å². The van der Waals surface area contributed by atoms with Crippen LogP contribution in [0.3, 0.4) is 0 Å². The fourth-order valence-corrected chi connectivity index (χ4v) is 4.47. The zero-order chi connectivity index (χ0) is 25.8. The summed E-state index contributed by atoms with van der Waals surface area (Å²) in [6.07, 6.45) is 6.23. The average Bonchev–Trinajstić information content (AvgIpc) is 3.37. The fraction of sp³-hybridized carbons (Fsp3) is 0.346. The first-order valence-corrected chi connectivity index (χ1v) is 12.5. The lowest BCUT2D eigenvalue weighted by Gasteiger charge is -2.39. The van der Waals surface area contributed by atoms with Gasteiger partial charge in [-0.2, -0.15) is 0 Å². The predicted molar refractivity (Wildman–Crippen MR) is 139 cm³/mol. The van der Waals surface area contributed by atoms with Crippen molar-refractivity contribution in [1.82, 2.24) is 14.9 Å². The number of nitrogens with zero attached hydrogens (tertiary/aromatic N) is 3. The molecule has 2 saturated heterocycles. The summed E-state index contributed by atoms with van der Waals surface area (Å²) in [7, 11) is 0. The number of rotatable bonds is 9. The Labute approximate surface area is 218 Å². The number of carbonyl (C=O) groups is 1. The number of benzene rings is 2. The number of hydrogen-bond acceptors (Lipinski definition) is 8. The van der Waals surface area contributed by atoms with E-state index in [1.54, 1.807) is 24.3 Å². The number of aliphatic hydroxyl groups is 1. The molecule has 3 aromatic rings. The van der Waals surface area contributed by atoms with Crippen LogP contribution in [-0.4, -0.2) is 70.9 Å². The van der Waals surface area contributed by atoms with E-state index < -0.39 is 5.82 Å². The van der Waals surface area contributed by atoms with Gasteiger partial charge in [0.2, 0.25) is 5.91 Å². The molecule has 0 spiro atoms. The van der Waals surface area contributed by atoms with Crippen LogP contribution in [0.15, 0.2) is 48.8 Å². The fourth-order valence-electron chi connectivity index (χ4n) is 4.29. The van der Waals surface area contributed by atoms with Gasteiger partial charge in [0.15, 0.2) is 0 Å². The summed E-state index contributed by atoms with van der Waals surface area (Å²) in [5.41, 5.74) is 1.61. The van der Waals surface area contributed by atoms with E-state index in [4.69, 9.17) is 21.1 Å². The van der Waals surface area contributed by atoms with Crippen molar-refractivity contribution in [2.75, 3.05) is 43.5 Å². The Bertz CT molecular complexity index is 1320. The van der Waals surface area contributed by atoms with Crippen LogP contribution in [0.25, 0.3) is 10.9 Å². The molecule has 2 fully saturated rings. The number of halogens is 2. The highest BCUT2D eigenvalue weighted by Crippen LogP contribution is 2.35. The van der Waals surface area contributed by atoms with Crippen LogP contribution in [0.2, 0.25) is 5.02 Å². The number of carbonyl (C=O) groups excluding carboxylic acids is 1. The van der Waals surface area contributed by atoms with E-state index in [1.165, 1.54) is 24.5 Å². The third-order valence-corrected chi connectivity index (χ3v) is 6.73. The highest BCUT2D eigenvalue weighted by Gasteiger charge is 2.25. The number of anilines is 3. The molecular formula is C26H27ClFN5O4. The Morgan fingerprint density at radius 3 is 2.92 bits per heavy atom.